The molecule has 2 rings (SSSR count). The number of fused-ring (bicyclic) bond motifs is 1. The van der Waals surface area contributed by atoms with Crippen molar-refractivity contribution in [1.29, 1.82) is 0 Å². The van der Waals surface area contributed by atoms with Gasteiger partial charge >= 0.3 is 0 Å². The molecular formula is C11H11N3O3. The van der Waals surface area contributed by atoms with Crippen molar-refractivity contribution in [3.05, 3.63) is 40.2 Å². The molecule has 1 aromatic heterocycles. The first-order valence-corrected chi connectivity index (χ1v) is 5.10. The summed E-state index contributed by atoms with van der Waals surface area (Å²) < 4.78 is 0. The number of nitrogens with one attached hydrogen (secondary N) is 2. The number of aliphatic hydroxyl groups excluding tert-OH is 1. The molecule has 6 heteroatoms. The van der Waals surface area contributed by atoms with E-state index in [2.05, 4.69) is 15.5 Å². The zero-order chi connectivity index (χ0) is 12.3. The molecule has 1 amide bonds. The van der Waals surface area contributed by atoms with Crippen molar-refractivity contribution in [3.8, 4) is 0 Å². The summed E-state index contributed by atoms with van der Waals surface area (Å²) in [6, 6.07) is 6.82. The maximum absolute atomic E-state index is 11.9. The van der Waals surface area contributed by atoms with Gasteiger partial charge in [0.05, 0.1) is 12.1 Å². The Morgan fingerprint density at radius 1 is 1.41 bits per heavy atom. The number of nitrogens with zero attached hydrogens (tertiary/aromatic N) is 1. The monoisotopic (exact) mass is 233 g/mol. The topological polar surface area (TPSA) is 95.1 Å². The highest BCUT2D eigenvalue weighted by atomic mass is 16.3. The van der Waals surface area contributed by atoms with Gasteiger partial charge in [-0.25, -0.2) is 0 Å². The van der Waals surface area contributed by atoms with Crippen LogP contribution in [0.4, 0.5) is 0 Å². The van der Waals surface area contributed by atoms with Crippen LogP contribution >= 0.6 is 0 Å². The van der Waals surface area contributed by atoms with E-state index in [4.69, 9.17) is 5.11 Å². The molecule has 0 atom stereocenters. The van der Waals surface area contributed by atoms with Crippen LogP contribution in [0.1, 0.15) is 10.5 Å². The predicted octanol–water partition coefficient (Wildman–Crippen LogP) is -0.355. The molecule has 0 radical (unpaired) electrons. The van der Waals surface area contributed by atoms with Crippen LogP contribution < -0.4 is 10.7 Å². The Morgan fingerprint density at radius 2 is 2.18 bits per heavy atom. The van der Waals surface area contributed by atoms with Crippen molar-refractivity contribution in [2.24, 2.45) is 0 Å². The molecule has 0 spiro atoms. The Hall–Kier alpha value is -2.21. The van der Waals surface area contributed by atoms with Gasteiger partial charge in [-0.2, -0.15) is 5.10 Å². The number of rotatable bonds is 3. The zero-order valence-electron chi connectivity index (χ0n) is 8.93. The van der Waals surface area contributed by atoms with E-state index in [-0.39, 0.29) is 18.8 Å². The average Bonchev–Trinajstić information content (AvgIpc) is 2.37. The van der Waals surface area contributed by atoms with Gasteiger partial charge in [0.2, 0.25) is 5.43 Å². The van der Waals surface area contributed by atoms with Crippen LogP contribution in [0.25, 0.3) is 10.9 Å². The van der Waals surface area contributed by atoms with Gasteiger partial charge in [0.15, 0.2) is 5.69 Å². The number of carbonyl (C=O) groups excluding carboxylic acids is 1. The van der Waals surface area contributed by atoms with Crippen LogP contribution in [0, 0.1) is 0 Å². The molecule has 1 heterocycles. The molecule has 0 bridgehead atoms. The van der Waals surface area contributed by atoms with E-state index in [1.807, 2.05) is 0 Å². The summed E-state index contributed by atoms with van der Waals surface area (Å²) in [5, 5.41) is 17.8. The maximum atomic E-state index is 11.9. The lowest BCUT2D eigenvalue weighted by Crippen LogP contribution is -2.32. The molecule has 17 heavy (non-hydrogen) atoms. The third-order valence-corrected chi connectivity index (χ3v) is 2.29. The standard InChI is InChI=1S/C11H11N3O3/c15-6-5-12-11(17)9-10(16)7-3-1-2-4-8(7)13-14-9/h1-4,15H,5-6H2,(H,12,17)(H,13,16). The van der Waals surface area contributed by atoms with Crippen molar-refractivity contribution in [2.75, 3.05) is 13.2 Å². The first kappa shape index (κ1) is 11.3. The van der Waals surface area contributed by atoms with Crippen LogP contribution in [0.2, 0.25) is 0 Å². The zero-order valence-corrected chi connectivity index (χ0v) is 8.93. The minimum absolute atomic E-state index is 0.0901. The Labute approximate surface area is 96.3 Å². The molecule has 0 unspecified atom stereocenters. The third-order valence-electron chi connectivity index (χ3n) is 2.29. The molecule has 1 aromatic carbocycles. The van der Waals surface area contributed by atoms with E-state index in [1.54, 1.807) is 24.3 Å². The number of para-hydroxylation sites is 1. The van der Waals surface area contributed by atoms with Gasteiger partial charge in [-0.15, -0.1) is 0 Å². The summed E-state index contributed by atoms with van der Waals surface area (Å²) >= 11 is 0. The van der Waals surface area contributed by atoms with Crippen LogP contribution in [0.15, 0.2) is 29.1 Å². The average molecular weight is 233 g/mol. The number of aromatic amines is 1. The smallest absolute Gasteiger partial charge is 0.275 e. The molecule has 0 aliphatic rings. The third kappa shape index (κ3) is 2.16. The van der Waals surface area contributed by atoms with Gasteiger partial charge in [0.25, 0.3) is 5.91 Å². The van der Waals surface area contributed by atoms with E-state index in [1.165, 1.54) is 0 Å². The normalized spacial score (nSPS) is 10.4. The Morgan fingerprint density at radius 3 is 2.94 bits per heavy atom. The van der Waals surface area contributed by atoms with Crippen LogP contribution in [0.3, 0.4) is 0 Å². The summed E-state index contributed by atoms with van der Waals surface area (Å²) in [6.07, 6.45) is 0. The quantitative estimate of drug-likeness (QED) is 0.675. The first-order valence-electron chi connectivity index (χ1n) is 5.10. The van der Waals surface area contributed by atoms with Crippen LogP contribution in [-0.4, -0.2) is 34.4 Å². The minimum atomic E-state index is -0.592. The van der Waals surface area contributed by atoms with Gasteiger partial charge in [-0.3, -0.25) is 14.7 Å². The number of H-pyrrole nitrogens is 1. The number of carbonyl (C=O) groups is 1. The van der Waals surface area contributed by atoms with Crippen molar-refractivity contribution >= 4 is 16.8 Å². The highest BCUT2D eigenvalue weighted by Gasteiger charge is 2.13. The van der Waals surface area contributed by atoms with Gasteiger partial charge in [-0.05, 0) is 12.1 Å². The predicted molar refractivity (Wildman–Crippen MR) is 61.8 cm³/mol. The summed E-state index contributed by atoms with van der Waals surface area (Å²) in [4.78, 5) is 23.5. The highest BCUT2D eigenvalue weighted by molar-refractivity contribution is 5.95. The van der Waals surface area contributed by atoms with Crippen LogP contribution in [0.5, 0.6) is 0 Å². The Bertz CT molecular complexity index is 606. The second-order valence-corrected chi connectivity index (χ2v) is 3.43. The van der Waals surface area contributed by atoms with Crippen molar-refractivity contribution in [1.82, 2.24) is 15.5 Å². The summed E-state index contributed by atoms with van der Waals surface area (Å²) in [7, 11) is 0. The van der Waals surface area contributed by atoms with E-state index in [9.17, 15) is 9.59 Å². The Kier molecular flexibility index (Phi) is 3.15. The number of hydrogen-bond acceptors (Lipinski definition) is 4. The fraction of sp³-hybridized carbons (Fsp3) is 0.182. The fourth-order valence-electron chi connectivity index (χ4n) is 1.48. The summed E-state index contributed by atoms with van der Waals surface area (Å²) in [5.74, 6) is -0.592. The number of amides is 1. The summed E-state index contributed by atoms with van der Waals surface area (Å²) in [6.45, 7) is -0.0932. The number of aromatic nitrogens is 2. The second kappa shape index (κ2) is 4.75. The number of hydrogen-bond donors (Lipinski definition) is 3. The molecule has 6 nitrogen and oxygen atoms in total. The van der Waals surface area contributed by atoms with Crippen molar-refractivity contribution < 1.29 is 9.90 Å². The Balaban J connectivity index is 2.46. The van der Waals surface area contributed by atoms with Gasteiger partial charge < -0.3 is 10.4 Å². The van der Waals surface area contributed by atoms with Gasteiger partial charge in [-0.1, -0.05) is 12.1 Å². The lowest BCUT2D eigenvalue weighted by atomic mass is 10.2. The van der Waals surface area contributed by atoms with E-state index >= 15 is 0 Å². The van der Waals surface area contributed by atoms with Crippen LogP contribution in [-0.2, 0) is 0 Å². The molecule has 3 N–H and O–H groups in total. The minimum Gasteiger partial charge on any atom is -0.395 e. The summed E-state index contributed by atoms with van der Waals surface area (Å²) in [5.41, 5.74) is -0.0388. The molecule has 0 fully saturated rings. The van der Waals surface area contributed by atoms with Gasteiger partial charge in [0.1, 0.15) is 0 Å². The molecule has 0 saturated heterocycles. The maximum Gasteiger partial charge on any atom is 0.275 e. The molecule has 88 valence electrons. The van der Waals surface area contributed by atoms with Crippen molar-refractivity contribution in [3.63, 3.8) is 0 Å². The lowest BCUT2D eigenvalue weighted by molar-refractivity contribution is 0.0938. The second-order valence-electron chi connectivity index (χ2n) is 3.43. The highest BCUT2D eigenvalue weighted by Crippen LogP contribution is 2.04. The number of aliphatic hydroxyl groups is 1. The lowest BCUT2D eigenvalue weighted by Gasteiger charge is -2.02. The van der Waals surface area contributed by atoms with E-state index in [0.29, 0.717) is 10.9 Å². The first-order chi connectivity index (χ1) is 8.24. The fourth-order valence-corrected chi connectivity index (χ4v) is 1.48. The molecular weight excluding hydrogens is 222 g/mol. The molecule has 0 aliphatic carbocycles. The van der Waals surface area contributed by atoms with Crippen molar-refractivity contribution in [2.45, 2.75) is 0 Å². The number of benzene rings is 1. The SMILES string of the molecule is O=C(NCCO)c1n[nH]c2ccccc2c1=O. The van der Waals surface area contributed by atoms with E-state index in [0.717, 1.165) is 0 Å². The van der Waals surface area contributed by atoms with E-state index < -0.39 is 11.3 Å². The van der Waals surface area contributed by atoms with Gasteiger partial charge in [0, 0.05) is 11.9 Å². The largest absolute Gasteiger partial charge is 0.395 e. The molecule has 2 aromatic rings. The molecule has 0 aliphatic heterocycles. The molecule has 0 saturated carbocycles.